The molecule has 2 aliphatic rings. The minimum Gasteiger partial charge on any atom is -0.341 e. The average Bonchev–Trinajstić information content (AvgIpc) is 2.83. The van der Waals surface area contributed by atoms with Crippen molar-refractivity contribution in [2.24, 2.45) is 0 Å². The molecule has 3 rings (SSSR count). The van der Waals surface area contributed by atoms with Crippen molar-refractivity contribution in [2.45, 2.75) is 44.6 Å². The number of urea groups is 1. The van der Waals surface area contributed by atoms with Crippen LogP contribution in [-0.4, -0.2) is 47.3 Å². The van der Waals surface area contributed by atoms with Crippen LogP contribution in [0.1, 0.15) is 44.6 Å². The summed E-state index contributed by atoms with van der Waals surface area (Å²) in [6, 6.07) is 8.74. The number of imide groups is 1. The van der Waals surface area contributed by atoms with E-state index < -0.39 is 11.6 Å². The van der Waals surface area contributed by atoms with Gasteiger partial charge in [-0.2, -0.15) is 0 Å². The smallest absolute Gasteiger partial charge is 0.325 e. The maximum Gasteiger partial charge on any atom is 0.325 e. The molecule has 0 spiro atoms. The van der Waals surface area contributed by atoms with Gasteiger partial charge in [0, 0.05) is 13.1 Å². The SMILES string of the molecule is CCC1(c2ccccc2)NC(=O)N(CC(=O)N2CCCCCC2)C1=O. The Morgan fingerprint density at radius 2 is 1.72 bits per heavy atom. The highest BCUT2D eigenvalue weighted by Gasteiger charge is 2.51. The van der Waals surface area contributed by atoms with Gasteiger partial charge in [-0.1, -0.05) is 50.1 Å². The van der Waals surface area contributed by atoms with Crippen molar-refractivity contribution in [3.05, 3.63) is 35.9 Å². The number of nitrogens with one attached hydrogen (secondary N) is 1. The average molecular weight is 343 g/mol. The van der Waals surface area contributed by atoms with Crippen LogP contribution in [0, 0.1) is 0 Å². The Morgan fingerprint density at radius 1 is 1.08 bits per heavy atom. The van der Waals surface area contributed by atoms with Gasteiger partial charge in [0.25, 0.3) is 5.91 Å². The fourth-order valence-corrected chi connectivity index (χ4v) is 3.69. The van der Waals surface area contributed by atoms with E-state index in [1.807, 2.05) is 37.3 Å². The monoisotopic (exact) mass is 343 g/mol. The predicted octanol–water partition coefficient (Wildman–Crippen LogP) is 2.25. The number of benzene rings is 1. The number of nitrogens with zero attached hydrogens (tertiary/aromatic N) is 2. The summed E-state index contributed by atoms with van der Waals surface area (Å²) in [5, 5.41) is 2.82. The van der Waals surface area contributed by atoms with Gasteiger partial charge in [0.2, 0.25) is 5.91 Å². The van der Waals surface area contributed by atoms with Crippen molar-refractivity contribution in [3.63, 3.8) is 0 Å². The number of amides is 4. The van der Waals surface area contributed by atoms with Crippen molar-refractivity contribution >= 4 is 17.8 Å². The summed E-state index contributed by atoms with van der Waals surface area (Å²) in [5.74, 6) is -0.486. The van der Waals surface area contributed by atoms with E-state index in [1.165, 1.54) is 0 Å². The zero-order valence-corrected chi connectivity index (χ0v) is 14.7. The van der Waals surface area contributed by atoms with Crippen molar-refractivity contribution in [1.29, 1.82) is 0 Å². The second-order valence-corrected chi connectivity index (χ2v) is 6.74. The minimum atomic E-state index is -1.07. The molecule has 2 saturated heterocycles. The Bertz CT molecular complexity index is 653. The highest BCUT2D eigenvalue weighted by molar-refractivity contribution is 6.09. The van der Waals surface area contributed by atoms with Gasteiger partial charge in [-0.05, 0) is 24.8 Å². The molecule has 1 unspecified atom stereocenters. The second-order valence-electron chi connectivity index (χ2n) is 6.74. The highest BCUT2D eigenvalue weighted by atomic mass is 16.2. The molecule has 25 heavy (non-hydrogen) atoms. The molecule has 6 nitrogen and oxygen atoms in total. The third-order valence-corrected chi connectivity index (χ3v) is 5.22. The van der Waals surface area contributed by atoms with Gasteiger partial charge >= 0.3 is 6.03 Å². The van der Waals surface area contributed by atoms with Gasteiger partial charge in [0.15, 0.2) is 0 Å². The molecule has 1 atom stereocenters. The molecule has 4 amide bonds. The molecule has 2 fully saturated rings. The Balaban J connectivity index is 1.78. The first-order valence-corrected chi connectivity index (χ1v) is 9.06. The second kappa shape index (κ2) is 7.25. The molecular weight excluding hydrogens is 318 g/mol. The Kier molecular flexibility index (Phi) is 5.06. The van der Waals surface area contributed by atoms with E-state index in [0.717, 1.165) is 36.1 Å². The molecule has 0 aliphatic carbocycles. The van der Waals surface area contributed by atoms with E-state index in [2.05, 4.69) is 5.32 Å². The molecule has 0 aromatic heterocycles. The highest BCUT2D eigenvalue weighted by Crippen LogP contribution is 2.32. The van der Waals surface area contributed by atoms with Crippen LogP contribution in [0.2, 0.25) is 0 Å². The Morgan fingerprint density at radius 3 is 2.32 bits per heavy atom. The summed E-state index contributed by atoms with van der Waals surface area (Å²) >= 11 is 0. The van der Waals surface area contributed by atoms with Gasteiger partial charge in [0.1, 0.15) is 12.1 Å². The molecule has 134 valence electrons. The lowest BCUT2D eigenvalue weighted by Gasteiger charge is -2.26. The lowest BCUT2D eigenvalue weighted by molar-refractivity contribution is -0.139. The maximum atomic E-state index is 13.0. The predicted molar refractivity (Wildman–Crippen MR) is 93.7 cm³/mol. The van der Waals surface area contributed by atoms with Crippen LogP contribution in [0.25, 0.3) is 0 Å². The third kappa shape index (κ3) is 3.25. The van der Waals surface area contributed by atoms with Crippen LogP contribution in [-0.2, 0) is 15.1 Å². The van der Waals surface area contributed by atoms with Crippen molar-refractivity contribution in [1.82, 2.24) is 15.1 Å². The first-order valence-electron chi connectivity index (χ1n) is 9.06. The van der Waals surface area contributed by atoms with E-state index in [4.69, 9.17) is 0 Å². The van der Waals surface area contributed by atoms with Crippen LogP contribution in [0.5, 0.6) is 0 Å². The van der Waals surface area contributed by atoms with Gasteiger partial charge in [-0.25, -0.2) is 4.79 Å². The molecule has 1 aromatic rings. The van der Waals surface area contributed by atoms with E-state index >= 15 is 0 Å². The van der Waals surface area contributed by atoms with Gasteiger partial charge in [0.05, 0.1) is 0 Å². The van der Waals surface area contributed by atoms with Gasteiger partial charge in [-0.15, -0.1) is 0 Å². The van der Waals surface area contributed by atoms with Crippen LogP contribution in [0.3, 0.4) is 0 Å². The Labute approximate surface area is 148 Å². The number of carbonyl (C=O) groups excluding carboxylic acids is 3. The number of carbonyl (C=O) groups is 3. The third-order valence-electron chi connectivity index (χ3n) is 5.22. The molecule has 2 aliphatic heterocycles. The number of rotatable bonds is 4. The van der Waals surface area contributed by atoms with Crippen LogP contribution in [0.4, 0.5) is 4.79 Å². The molecule has 2 heterocycles. The standard InChI is InChI=1S/C19H25N3O3/c1-2-19(15-10-6-5-7-11-15)17(24)22(18(25)20-19)14-16(23)21-12-8-3-4-9-13-21/h5-7,10-11H,2-4,8-9,12-14H2,1H3,(H,20,25). The summed E-state index contributed by atoms with van der Waals surface area (Å²) in [4.78, 5) is 40.9. The van der Waals surface area contributed by atoms with E-state index in [-0.39, 0.29) is 18.4 Å². The molecule has 0 saturated carbocycles. The molecule has 1 aromatic carbocycles. The summed E-state index contributed by atoms with van der Waals surface area (Å²) < 4.78 is 0. The summed E-state index contributed by atoms with van der Waals surface area (Å²) in [6.45, 7) is 3.10. The van der Waals surface area contributed by atoms with Crippen molar-refractivity contribution < 1.29 is 14.4 Å². The van der Waals surface area contributed by atoms with E-state index in [0.29, 0.717) is 19.5 Å². The van der Waals surface area contributed by atoms with Crippen LogP contribution < -0.4 is 5.32 Å². The summed E-state index contributed by atoms with van der Waals surface area (Å²) in [7, 11) is 0. The van der Waals surface area contributed by atoms with Gasteiger partial charge < -0.3 is 10.2 Å². The quantitative estimate of drug-likeness (QED) is 0.853. The topological polar surface area (TPSA) is 69.7 Å². The van der Waals surface area contributed by atoms with Gasteiger partial charge in [-0.3, -0.25) is 14.5 Å². The van der Waals surface area contributed by atoms with Crippen LogP contribution in [0.15, 0.2) is 30.3 Å². The summed E-state index contributed by atoms with van der Waals surface area (Å²) in [6.07, 6.45) is 4.65. The molecule has 6 heteroatoms. The minimum absolute atomic E-state index is 0.148. The van der Waals surface area contributed by atoms with Crippen LogP contribution >= 0.6 is 0 Å². The van der Waals surface area contributed by atoms with Crippen molar-refractivity contribution in [3.8, 4) is 0 Å². The molecule has 0 bridgehead atoms. The fourth-order valence-electron chi connectivity index (χ4n) is 3.69. The number of likely N-dealkylation sites (tertiary alicyclic amines) is 1. The van der Waals surface area contributed by atoms with E-state index in [1.54, 1.807) is 4.90 Å². The zero-order chi connectivity index (χ0) is 17.9. The largest absolute Gasteiger partial charge is 0.341 e. The van der Waals surface area contributed by atoms with E-state index in [9.17, 15) is 14.4 Å². The summed E-state index contributed by atoms with van der Waals surface area (Å²) in [5.41, 5.74) is -0.321. The maximum absolute atomic E-state index is 13.0. The lowest BCUT2D eigenvalue weighted by Crippen LogP contribution is -2.45. The Hall–Kier alpha value is -2.37. The molecule has 0 radical (unpaired) electrons. The lowest BCUT2D eigenvalue weighted by atomic mass is 9.87. The number of hydrogen-bond donors (Lipinski definition) is 1. The molecular formula is C19H25N3O3. The zero-order valence-electron chi connectivity index (χ0n) is 14.7. The normalized spacial score (nSPS) is 24.2. The molecule has 1 N–H and O–H groups in total. The first-order chi connectivity index (χ1) is 12.1. The first kappa shape index (κ1) is 17.5. The van der Waals surface area contributed by atoms with Crippen molar-refractivity contribution in [2.75, 3.05) is 19.6 Å². The number of hydrogen-bond acceptors (Lipinski definition) is 3. The fraction of sp³-hybridized carbons (Fsp3) is 0.526.